The molecule has 1 N–H and O–H groups in total. The summed E-state index contributed by atoms with van der Waals surface area (Å²) in [6, 6.07) is 9.57. The Balaban J connectivity index is 2.09. The molecule has 5 heteroatoms. The minimum Gasteiger partial charge on any atom is -0.468 e. The van der Waals surface area contributed by atoms with Crippen LogP contribution in [0.5, 0.6) is 0 Å². The van der Waals surface area contributed by atoms with Crippen molar-refractivity contribution in [1.82, 2.24) is 4.98 Å². The van der Waals surface area contributed by atoms with Gasteiger partial charge in [0.15, 0.2) is 0 Å². The Morgan fingerprint density at radius 2 is 2.22 bits per heavy atom. The molecule has 2 aromatic rings. The zero-order valence-electron chi connectivity index (χ0n) is 9.66. The van der Waals surface area contributed by atoms with Gasteiger partial charge in [-0.15, -0.1) is 0 Å². The normalized spacial score (nSPS) is 21.9. The van der Waals surface area contributed by atoms with E-state index < -0.39 is 17.3 Å². The Bertz CT molecular complexity index is 629. The van der Waals surface area contributed by atoms with Crippen LogP contribution >= 0.6 is 11.8 Å². The Kier molecular flexibility index (Phi) is 2.72. The first-order chi connectivity index (χ1) is 8.70. The van der Waals surface area contributed by atoms with Crippen LogP contribution in [0.4, 0.5) is 0 Å². The van der Waals surface area contributed by atoms with E-state index in [0.717, 1.165) is 10.9 Å². The Labute approximate surface area is 108 Å². The molecule has 0 saturated carbocycles. The van der Waals surface area contributed by atoms with E-state index in [-0.39, 0.29) is 0 Å². The third-order valence-corrected chi connectivity index (χ3v) is 4.25. The molecule has 1 aliphatic heterocycles. The molecule has 2 heterocycles. The maximum Gasteiger partial charge on any atom is 0.322 e. The summed E-state index contributed by atoms with van der Waals surface area (Å²) in [4.78, 5) is 16.0. The molecule has 1 aliphatic rings. The number of pyridine rings is 1. The number of carbonyl (C=O) groups is 1. The number of hydrogen-bond acceptors (Lipinski definition) is 5. The first-order valence-electron chi connectivity index (χ1n) is 5.53. The smallest absolute Gasteiger partial charge is 0.322 e. The van der Waals surface area contributed by atoms with Crippen LogP contribution in [0.1, 0.15) is 11.7 Å². The molecule has 2 atom stereocenters. The number of benzene rings is 1. The van der Waals surface area contributed by atoms with E-state index in [1.54, 1.807) is 0 Å². The van der Waals surface area contributed by atoms with E-state index >= 15 is 0 Å². The Hall–Kier alpha value is -1.59. The summed E-state index contributed by atoms with van der Waals surface area (Å²) in [5, 5.41) is 11.2. The highest BCUT2D eigenvalue weighted by molar-refractivity contribution is 8.00. The lowest BCUT2D eigenvalue weighted by Gasteiger charge is -2.10. The van der Waals surface area contributed by atoms with Crippen molar-refractivity contribution in [3.05, 3.63) is 35.9 Å². The van der Waals surface area contributed by atoms with Gasteiger partial charge in [-0.25, -0.2) is 4.98 Å². The molecule has 92 valence electrons. The van der Waals surface area contributed by atoms with Gasteiger partial charge in [-0.1, -0.05) is 30.0 Å². The molecule has 0 unspecified atom stereocenters. The van der Waals surface area contributed by atoms with Crippen molar-refractivity contribution in [2.75, 3.05) is 7.11 Å². The van der Waals surface area contributed by atoms with Crippen molar-refractivity contribution in [3.63, 3.8) is 0 Å². The fourth-order valence-electron chi connectivity index (χ4n) is 2.06. The second-order valence-electron chi connectivity index (χ2n) is 4.08. The molecular weight excluding hydrogens is 250 g/mol. The average molecular weight is 261 g/mol. The molecule has 18 heavy (non-hydrogen) atoms. The number of aromatic nitrogens is 1. The summed E-state index contributed by atoms with van der Waals surface area (Å²) in [5.41, 5.74) is 1.57. The van der Waals surface area contributed by atoms with Crippen LogP contribution in [0.2, 0.25) is 0 Å². The van der Waals surface area contributed by atoms with Crippen molar-refractivity contribution in [3.8, 4) is 0 Å². The minimum atomic E-state index is -0.852. The number of rotatable bonds is 1. The van der Waals surface area contributed by atoms with Crippen molar-refractivity contribution in [1.29, 1.82) is 0 Å². The van der Waals surface area contributed by atoms with Crippen LogP contribution in [0.25, 0.3) is 10.9 Å². The van der Waals surface area contributed by atoms with Gasteiger partial charge in [-0.2, -0.15) is 0 Å². The fraction of sp³-hybridized carbons (Fsp3) is 0.231. The third kappa shape index (κ3) is 1.67. The maximum absolute atomic E-state index is 11.6. The number of hydrogen-bond donors (Lipinski definition) is 1. The minimum absolute atomic E-state index is 0.422. The zero-order valence-corrected chi connectivity index (χ0v) is 10.5. The van der Waals surface area contributed by atoms with Gasteiger partial charge in [-0.05, 0) is 12.1 Å². The van der Waals surface area contributed by atoms with Crippen LogP contribution in [0, 0.1) is 0 Å². The van der Waals surface area contributed by atoms with Crippen LogP contribution in [-0.4, -0.2) is 28.4 Å². The largest absolute Gasteiger partial charge is 0.468 e. The van der Waals surface area contributed by atoms with Gasteiger partial charge in [-0.3, -0.25) is 4.79 Å². The topological polar surface area (TPSA) is 59.4 Å². The molecule has 0 aliphatic carbocycles. The van der Waals surface area contributed by atoms with Crippen LogP contribution in [-0.2, 0) is 9.53 Å². The number of para-hydroxylation sites is 1. The summed E-state index contributed by atoms with van der Waals surface area (Å²) >= 11 is 1.26. The standard InChI is InChI=1S/C13H11NO3S/c1-17-13(16)11-10(15)8-6-7-4-2-3-5-9(7)14-12(8)18-11/h2-6,10-11,15H,1H3/t10-,11-/m0/s1. The molecule has 1 aromatic heterocycles. The summed E-state index contributed by atoms with van der Waals surface area (Å²) < 4.78 is 4.69. The molecule has 0 radical (unpaired) electrons. The molecule has 3 rings (SSSR count). The Morgan fingerprint density at radius 3 is 3.00 bits per heavy atom. The van der Waals surface area contributed by atoms with Crippen LogP contribution < -0.4 is 0 Å². The molecular formula is C13H11NO3S. The van der Waals surface area contributed by atoms with E-state index in [1.807, 2.05) is 30.3 Å². The lowest BCUT2D eigenvalue weighted by atomic mass is 10.1. The van der Waals surface area contributed by atoms with Crippen molar-refractivity contribution >= 4 is 28.6 Å². The molecule has 0 spiro atoms. The van der Waals surface area contributed by atoms with Gasteiger partial charge in [0.1, 0.15) is 16.4 Å². The second kappa shape index (κ2) is 4.26. The molecule has 0 amide bonds. The van der Waals surface area contributed by atoms with Gasteiger partial charge in [0, 0.05) is 10.9 Å². The lowest BCUT2D eigenvalue weighted by Crippen LogP contribution is -2.22. The van der Waals surface area contributed by atoms with Gasteiger partial charge in [0.05, 0.1) is 12.6 Å². The summed E-state index contributed by atoms with van der Waals surface area (Å²) in [6.07, 6.45) is -0.852. The third-order valence-electron chi connectivity index (χ3n) is 2.99. The number of aliphatic hydroxyl groups is 1. The summed E-state index contributed by atoms with van der Waals surface area (Å²) in [5.74, 6) is -0.422. The molecule has 1 aromatic carbocycles. The number of fused-ring (bicyclic) bond motifs is 2. The monoisotopic (exact) mass is 261 g/mol. The van der Waals surface area contributed by atoms with Crippen molar-refractivity contribution in [2.24, 2.45) is 0 Å². The SMILES string of the molecule is COC(=O)[C@H]1Sc2nc3ccccc3cc2[C@@H]1O. The Morgan fingerprint density at radius 1 is 1.44 bits per heavy atom. The molecule has 0 saturated heterocycles. The van der Waals surface area contributed by atoms with Gasteiger partial charge >= 0.3 is 5.97 Å². The van der Waals surface area contributed by atoms with Gasteiger partial charge in [0.25, 0.3) is 0 Å². The van der Waals surface area contributed by atoms with Gasteiger partial charge < -0.3 is 9.84 Å². The highest BCUT2D eigenvalue weighted by Gasteiger charge is 2.39. The average Bonchev–Trinajstić information content (AvgIpc) is 2.72. The number of nitrogens with zero attached hydrogens (tertiary/aromatic N) is 1. The molecule has 0 bridgehead atoms. The number of esters is 1. The number of thioether (sulfide) groups is 1. The fourth-order valence-corrected chi connectivity index (χ4v) is 3.24. The highest BCUT2D eigenvalue weighted by atomic mass is 32.2. The zero-order chi connectivity index (χ0) is 12.7. The number of methoxy groups -OCH3 is 1. The number of carbonyl (C=O) groups excluding carboxylic acids is 1. The molecule has 0 fully saturated rings. The lowest BCUT2D eigenvalue weighted by molar-refractivity contribution is -0.141. The van der Waals surface area contributed by atoms with Crippen molar-refractivity contribution < 1.29 is 14.6 Å². The van der Waals surface area contributed by atoms with E-state index in [9.17, 15) is 9.90 Å². The van der Waals surface area contributed by atoms with Crippen LogP contribution in [0.15, 0.2) is 35.4 Å². The van der Waals surface area contributed by atoms with Crippen LogP contribution in [0.3, 0.4) is 0 Å². The summed E-state index contributed by atoms with van der Waals surface area (Å²) in [7, 11) is 1.32. The van der Waals surface area contributed by atoms with Crippen molar-refractivity contribution in [2.45, 2.75) is 16.4 Å². The predicted molar refractivity (Wildman–Crippen MR) is 68.4 cm³/mol. The first kappa shape index (κ1) is 11.5. The molecule has 4 nitrogen and oxygen atoms in total. The first-order valence-corrected chi connectivity index (χ1v) is 6.41. The predicted octanol–water partition coefficient (Wildman–Crippen LogP) is 1.92. The van der Waals surface area contributed by atoms with E-state index in [2.05, 4.69) is 9.72 Å². The maximum atomic E-state index is 11.6. The van der Waals surface area contributed by atoms with Gasteiger partial charge in [0.2, 0.25) is 0 Å². The second-order valence-corrected chi connectivity index (χ2v) is 5.21. The highest BCUT2D eigenvalue weighted by Crippen LogP contribution is 2.44. The summed E-state index contributed by atoms with van der Waals surface area (Å²) in [6.45, 7) is 0. The van der Waals surface area contributed by atoms with E-state index in [0.29, 0.717) is 10.6 Å². The quantitative estimate of drug-likeness (QED) is 0.795. The van der Waals surface area contributed by atoms with E-state index in [1.165, 1.54) is 18.9 Å². The van der Waals surface area contributed by atoms with E-state index in [4.69, 9.17) is 0 Å². The number of ether oxygens (including phenoxy) is 1. The number of aliphatic hydroxyl groups excluding tert-OH is 1.